The Balaban J connectivity index is 0.000000326. The van der Waals surface area contributed by atoms with Gasteiger partial charge in [0.25, 0.3) is 0 Å². The molecule has 0 aliphatic carbocycles. The molecule has 1 unspecified atom stereocenters. The maximum atomic E-state index is 12.7. The second-order valence-electron chi connectivity index (χ2n) is 5.55. The lowest BCUT2D eigenvalue weighted by Crippen LogP contribution is -2.24. The van der Waals surface area contributed by atoms with Gasteiger partial charge < -0.3 is 15.4 Å². The minimum absolute atomic E-state index is 0.112. The van der Waals surface area contributed by atoms with Gasteiger partial charge in [-0.25, -0.2) is 4.98 Å². The molecule has 6 nitrogen and oxygen atoms in total. The Bertz CT molecular complexity index is 801. The number of hydrogen-bond donors (Lipinski definition) is 2. The summed E-state index contributed by atoms with van der Waals surface area (Å²) in [6.07, 6.45) is -1.37. The first kappa shape index (κ1) is 24.6. The lowest BCUT2D eigenvalue weighted by atomic mass is 10.1. The zero-order valence-electron chi connectivity index (χ0n) is 15.3. The molecule has 2 aromatic rings. The maximum absolute atomic E-state index is 12.7. The monoisotopic (exact) mass is 449 g/mol. The van der Waals surface area contributed by atoms with Crippen molar-refractivity contribution in [2.75, 3.05) is 10.6 Å². The smallest absolute Gasteiger partial charge is 0.324 e. The standard InChI is InChI=1S/C12H13ClF3NO.C6H6N2O2S/c1-2-5-9(13)11(18)17-10-7-4-3-6-8(10)12(14,15)16;9-3-1-5(10)8-6-7-2-4-11-6/h3-4,6-7,9H,2,5H2,1H3,(H,17,18);2-4H,1H2,(H,7,8,10). The Morgan fingerprint density at radius 1 is 1.28 bits per heavy atom. The zero-order valence-corrected chi connectivity index (χ0v) is 16.9. The first-order valence-electron chi connectivity index (χ1n) is 8.43. The number of carbonyl (C=O) groups is 3. The van der Waals surface area contributed by atoms with E-state index in [1.54, 1.807) is 11.6 Å². The predicted octanol–water partition coefficient (Wildman–Crippen LogP) is 4.72. The van der Waals surface area contributed by atoms with E-state index >= 15 is 0 Å². The SMILES string of the molecule is CCCC(Cl)C(=O)Nc1ccccc1C(F)(F)F.O=CCC(=O)Nc1nccs1. The highest BCUT2D eigenvalue weighted by molar-refractivity contribution is 7.13. The van der Waals surface area contributed by atoms with Gasteiger partial charge in [-0.3, -0.25) is 9.59 Å². The Morgan fingerprint density at radius 2 is 1.97 bits per heavy atom. The summed E-state index contributed by atoms with van der Waals surface area (Å²) < 4.78 is 38.0. The molecule has 29 heavy (non-hydrogen) atoms. The van der Waals surface area contributed by atoms with E-state index in [0.717, 1.165) is 6.07 Å². The summed E-state index contributed by atoms with van der Waals surface area (Å²) in [5, 5.41) is 6.12. The van der Waals surface area contributed by atoms with E-state index in [-0.39, 0.29) is 18.0 Å². The first-order valence-corrected chi connectivity index (χ1v) is 9.74. The van der Waals surface area contributed by atoms with Crippen LogP contribution in [0.5, 0.6) is 0 Å². The number of anilines is 2. The average Bonchev–Trinajstić information content (AvgIpc) is 3.15. The molecule has 1 atom stereocenters. The number of alkyl halides is 4. The molecule has 0 saturated carbocycles. The third-order valence-corrected chi connectivity index (χ3v) is 4.37. The van der Waals surface area contributed by atoms with Gasteiger partial charge >= 0.3 is 6.18 Å². The highest BCUT2D eigenvalue weighted by Gasteiger charge is 2.33. The number of hydrogen-bond acceptors (Lipinski definition) is 5. The van der Waals surface area contributed by atoms with Crippen molar-refractivity contribution in [3.63, 3.8) is 0 Å². The van der Waals surface area contributed by atoms with Crippen molar-refractivity contribution < 1.29 is 27.6 Å². The van der Waals surface area contributed by atoms with Crippen LogP contribution in [-0.2, 0) is 20.6 Å². The number of carbonyl (C=O) groups excluding carboxylic acids is 3. The number of nitrogens with one attached hydrogen (secondary N) is 2. The van der Waals surface area contributed by atoms with Crippen molar-refractivity contribution in [2.45, 2.75) is 37.7 Å². The van der Waals surface area contributed by atoms with E-state index in [0.29, 0.717) is 24.3 Å². The third kappa shape index (κ3) is 9.05. The Hall–Kier alpha value is -2.46. The number of halogens is 4. The fourth-order valence-corrected chi connectivity index (χ4v) is 2.78. The van der Waals surface area contributed by atoms with Crippen LogP contribution in [0.15, 0.2) is 35.8 Å². The molecule has 2 N–H and O–H groups in total. The quantitative estimate of drug-likeness (QED) is 0.363. The normalized spacial score (nSPS) is 11.6. The summed E-state index contributed by atoms with van der Waals surface area (Å²) in [6.45, 7) is 1.84. The minimum atomic E-state index is -4.50. The number of nitrogens with zero attached hydrogens (tertiary/aromatic N) is 1. The second kappa shape index (κ2) is 12.2. The molecule has 0 saturated heterocycles. The van der Waals surface area contributed by atoms with Crippen LogP contribution < -0.4 is 10.6 Å². The maximum Gasteiger partial charge on any atom is 0.418 e. The van der Waals surface area contributed by atoms with Gasteiger partial charge in [0.05, 0.1) is 17.7 Å². The molecule has 2 rings (SSSR count). The molecule has 1 aromatic heterocycles. The van der Waals surface area contributed by atoms with Crippen molar-refractivity contribution in [1.29, 1.82) is 0 Å². The molecule has 0 fully saturated rings. The van der Waals surface area contributed by atoms with Crippen LogP contribution in [0, 0.1) is 0 Å². The van der Waals surface area contributed by atoms with Gasteiger partial charge in [-0.05, 0) is 18.6 Å². The molecule has 0 aliphatic rings. The summed E-state index contributed by atoms with van der Waals surface area (Å²) >= 11 is 7.07. The largest absolute Gasteiger partial charge is 0.418 e. The molecule has 0 radical (unpaired) electrons. The minimum Gasteiger partial charge on any atom is -0.324 e. The molecule has 1 aromatic carbocycles. The van der Waals surface area contributed by atoms with Crippen LogP contribution in [-0.4, -0.2) is 28.5 Å². The highest BCUT2D eigenvalue weighted by Crippen LogP contribution is 2.34. The number of thiazole rings is 1. The molecule has 158 valence electrons. The van der Waals surface area contributed by atoms with Crippen LogP contribution >= 0.6 is 22.9 Å². The lowest BCUT2D eigenvalue weighted by molar-refractivity contribution is -0.137. The number of para-hydroxylation sites is 1. The number of rotatable bonds is 7. The molecular weight excluding hydrogens is 431 g/mol. The number of aromatic nitrogens is 1. The molecular formula is C18H19ClF3N3O3S. The third-order valence-electron chi connectivity index (χ3n) is 3.26. The molecule has 0 bridgehead atoms. The topological polar surface area (TPSA) is 88.2 Å². The Kier molecular flexibility index (Phi) is 10.3. The number of benzene rings is 1. The molecule has 2 amide bonds. The Morgan fingerprint density at radius 3 is 2.52 bits per heavy atom. The van der Waals surface area contributed by atoms with Gasteiger partial charge in [-0.15, -0.1) is 22.9 Å². The van der Waals surface area contributed by atoms with Crippen LogP contribution in [0.2, 0.25) is 0 Å². The van der Waals surface area contributed by atoms with Crippen molar-refractivity contribution in [3.05, 3.63) is 41.4 Å². The van der Waals surface area contributed by atoms with Crippen molar-refractivity contribution in [1.82, 2.24) is 4.98 Å². The van der Waals surface area contributed by atoms with E-state index < -0.39 is 23.0 Å². The van der Waals surface area contributed by atoms with Gasteiger partial charge in [-0.1, -0.05) is 25.5 Å². The van der Waals surface area contributed by atoms with Crippen LogP contribution in [0.3, 0.4) is 0 Å². The summed E-state index contributed by atoms with van der Waals surface area (Å²) in [5.41, 5.74) is -1.14. The summed E-state index contributed by atoms with van der Waals surface area (Å²) in [6, 6.07) is 4.81. The van der Waals surface area contributed by atoms with E-state index in [4.69, 9.17) is 11.6 Å². The average molecular weight is 450 g/mol. The number of aldehydes is 1. The van der Waals surface area contributed by atoms with E-state index in [1.807, 2.05) is 6.92 Å². The summed E-state index contributed by atoms with van der Waals surface area (Å²) in [4.78, 5) is 36.0. The second-order valence-corrected chi connectivity index (χ2v) is 6.97. The molecule has 0 aliphatic heterocycles. The molecule has 11 heteroatoms. The van der Waals surface area contributed by atoms with Gasteiger partial charge in [0, 0.05) is 11.6 Å². The van der Waals surface area contributed by atoms with Crippen LogP contribution in [0.1, 0.15) is 31.7 Å². The van der Waals surface area contributed by atoms with E-state index in [2.05, 4.69) is 15.6 Å². The van der Waals surface area contributed by atoms with Gasteiger partial charge in [-0.2, -0.15) is 13.2 Å². The van der Waals surface area contributed by atoms with Gasteiger partial charge in [0.2, 0.25) is 11.8 Å². The zero-order chi connectivity index (χ0) is 21.9. The van der Waals surface area contributed by atoms with Crippen molar-refractivity contribution in [3.8, 4) is 0 Å². The lowest BCUT2D eigenvalue weighted by Gasteiger charge is -2.15. The van der Waals surface area contributed by atoms with Gasteiger partial charge in [0.15, 0.2) is 5.13 Å². The summed E-state index contributed by atoms with van der Waals surface area (Å²) in [7, 11) is 0. The fraction of sp³-hybridized carbons (Fsp3) is 0.333. The van der Waals surface area contributed by atoms with E-state index in [9.17, 15) is 27.6 Å². The molecule has 0 spiro atoms. The summed E-state index contributed by atoms with van der Waals surface area (Å²) in [5.74, 6) is -0.940. The predicted molar refractivity (Wildman–Crippen MR) is 106 cm³/mol. The van der Waals surface area contributed by atoms with Crippen molar-refractivity contribution >= 4 is 51.9 Å². The first-order chi connectivity index (χ1) is 13.7. The fourth-order valence-electron chi connectivity index (χ4n) is 1.97. The highest BCUT2D eigenvalue weighted by atomic mass is 35.5. The van der Waals surface area contributed by atoms with Crippen LogP contribution in [0.25, 0.3) is 0 Å². The number of amides is 2. The van der Waals surface area contributed by atoms with E-state index in [1.165, 1.54) is 29.5 Å². The van der Waals surface area contributed by atoms with Gasteiger partial charge in [0.1, 0.15) is 11.7 Å². The van der Waals surface area contributed by atoms with Crippen molar-refractivity contribution in [2.24, 2.45) is 0 Å². The van der Waals surface area contributed by atoms with Crippen LogP contribution in [0.4, 0.5) is 24.0 Å². The Labute approximate surface area is 174 Å². The molecule has 1 heterocycles.